The van der Waals surface area contributed by atoms with Crippen LogP contribution in [-0.4, -0.2) is 120 Å². The summed E-state index contributed by atoms with van der Waals surface area (Å²) < 4.78 is 31.5. The molecule has 5 amide bonds. The monoisotopic (exact) mass is 855 g/mol. The third kappa shape index (κ3) is 8.26. The fourth-order valence-corrected chi connectivity index (χ4v) is 9.85. The van der Waals surface area contributed by atoms with Crippen LogP contribution < -0.4 is 20.9 Å². The quantitative estimate of drug-likeness (QED) is 0.145. The van der Waals surface area contributed by atoms with Crippen LogP contribution in [0.5, 0.6) is 0 Å². The Morgan fingerprint density at radius 1 is 0.952 bits per heavy atom. The topological polar surface area (TPSA) is 199 Å². The Labute approximate surface area is 356 Å². The molecule has 7 heterocycles. The van der Waals surface area contributed by atoms with Gasteiger partial charge in [-0.15, -0.1) is 0 Å². The van der Waals surface area contributed by atoms with Crippen LogP contribution in [-0.2, 0) is 9.59 Å². The third-order valence-electron chi connectivity index (χ3n) is 13.3. The smallest absolute Gasteiger partial charge is 0.284 e. The van der Waals surface area contributed by atoms with E-state index in [1.54, 1.807) is 29.1 Å². The first-order chi connectivity index (χ1) is 30.0. The number of amides is 5. The summed E-state index contributed by atoms with van der Waals surface area (Å²) in [6, 6.07) is 5.71. The molecule has 62 heavy (non-hydrogen) atoms. The molecule has 1 unspecified atom stereocenters. The maximum Gasteiger partial charge on any atom is 0.284 e. The number of fused-ring (bicyclic) bond motifs is 2. The Morgan fingerprint density at radius 3 is 2.50 bits per heavy atom. The van der Waals surface area contributed by atoms with E-state index in [1.807, 2.05) is 6.07 Å². The molecule has 19 heteroatoms. The van der Waals surface area contributed by atoms with Crippen molar-refractivity contribution < 1.29 is 37.9 Å². The summed E-state index contributed by atoms with van der Waals surface area (Å²) in [5.74, 6) is -1.66. The number of carbonyl (C=O) groups is 5. The summed E-state index contributed by atoms with van der Waals surface area (Å²) in [6.07, 6.45) is 10.2. The Hall–Kier alpha value is -5.82. The lowest BCUT2D eigenvalue weighted by molar-refractivity contribution is -0.136. The molecule has 17 nitrogen and oxygen atoms in total. The zero-order valence-electron chi connectivity index (χ0n) is 34.3. The minimum Gasteiger partial charge on any atom is -0.391 e. The number of alkyl halides is 2. The van der Waals surface area contributed by atoms with E-state index in [1.165, 1.54) is 16.9 Å². The number of carbonyl (C=O) groups excluding carboxylic acids is 5. The lowest BCUT2D eigenvalue weighted by atomic mass is 9.91. The van der Waals surface area contributed by atoms with Gasteiger partial charge in [-0.1, -0.05) is 18.9 Å². The number of nitrogens with zero attached hydrogens (tertiary/aromatic N) is 8. The molecule has 3 aromatic heterocycles. The number of benzene rings is 1. The Bertz CT molecular complexity index is 2370. The molecule has 9 rings (SSSR count). The van der Waals surface area contributed by atoms with Crippen LogP contribution in [0.2, 0.25) is 0 Å². The number of piperidine rings is 3. The van der Waals surface area contributed by atoms with Crippen molar-refractivity contribution in [3.05, 3.63) is 65.2 Å². The molecule has 4 aromatic rings. The van der Waals surface area contributed by atoms with Gasteiger partial charge in [-0.05, 0) is 88.4 Å². The molecule has 1 aromatic carbocycles. The molecule has 1 aliphatic carbocycles. The molecular weight excluding hydrogens is 805 g/mol. The molecule has 0 bridgehead atoms. The van der Waals surface area contributed by atoms with E-state index in [9.17, 15) is 37.9 Å². The van der Waals surface area contributed by atoms with E-state index in [4.69, 9.17) is 0 Å². The Kier molecular flexibility index (Phi) is 11.7. The van der Waals surface area contributed by atoms with Gasteiger partial charge < -0.3 is 25.5 Å². The van der Waals surface area contributed by atoms with Gasteiger partial charge >= 0.3 is 0 Å². The Morgan fingerprint density at radius 2 is 1.74 bits per heavy atom. The highest BCUT2D eigenvalue weighted by molar-refractivity contribution is 6.25. The molecule has 328 valence electrons. The van der Waals surface area contributed by atoms with Gasteiger partial charge in [0.05, 0.1) is 46.9 Å². The van der Waals surface area contributed by atoms with Crippen molar-refractivity contribution in [2.24, 2.45) is 5.92 Å². The fraction of sp³-hybridized carbons (Fsp3) is 0.535. The Balaban J connectivity index is 0.748. The van der Waals surface area contributed by atoms with Crippen LogP contribution in [0, 0.1) is 5.92 Å². The minimum atomic E-state index is -2.89. The lowest BCUT2D eigenvalue weighted by Gasteiger charge is -2.35. The molecule has 5 aliphatic rings. The van der Waals surface area contributed by atoms with Crippen LogP contribution >= 0.6 is 0 Å². The van der Waals surface area contributed by atoms with Crippen molar-refractivity contribution >= 4 is 52.4 Å². The molecule has 1 saturated carbocycles. The van der Waals surface area contributed by atoms with Gasteiger partial charge in [0.2, 0.25) is 11.8 Å². The molecule has 0 spiro atoms. The maximum absolute atomic E-state index is 14.3. The number of nitrogens with one attached hydrogen (secondary N) is 3. The number of aromatic nitrogens is 5. The van der Waals surface area contributed by atoms with E-state index in [-0.39, 0.29) is 47.4 Å². The van der Waals surface area contributed by atoms with Gasteiger partial charge in [-0.2, -0.15) is 10.2 Å². The zero-order chi connectivity index (χ0) is 43.1. The normalized spacial score (nSPS) is 23.1. The van der Waals surface area contributed by atoms with Crippen molar-refractivity contribution in [2.45, 2.75) is 108 Å². The number of aliphatic hydroxyl groups excluding tert-OH is 1. The van der Waals surface area contributed by atoms with Crippen LogP contribution in [0.4, 0.5) is 26.0 Å². The van der Waals surface area contributed by atoms with E-state index in [0.717, 1.165) is 95.4 Å². The van der Waals surface area contributed by atoms with Crippen molar-refractivity contribution in [3.63, 3.8) is 0 Å². The maximum atomic E-state index is 14.3. The average molecular weight is 856 g/mol. The summed E-state index contributed by atoms with van der Waals surface area (Å²) in [4.78, 5) is 74.8. The van der Waals surface area contributed by atoms with Crippen molar-refractivity contribution in [1.82, 2.24) is 39.5 Å². The van der Waals surface area contributed by atoms with Crippen molar-refractivity contribution in [1.29, 1.82) is 0 Å². The van der Waals surface area contributed by atoms with Gasteiger partial charge in [-0.25, -0.2) is 18.3 Å². The third-order valence-corrected chi connectivity index (χ3v) is 13.3. The molecule has 3 saturated heterocycles. The van der Waals surface area contributed by atoms with Crippen molar-refractivity contribution in [3.8, 4) is 0 Å². The first-order valence-corrected chi connectivity index (χ1v) is 21.8. The number of halogens is 2. The van der Waals surface area contributed by atoms with E-state index in [0.29, 0.717) is 29.4 Å². The highest BCUT2D eigenvalue weighted by Crippen LogP contribution is 2.37. The number of hydrogen-bond acceptors (Lipinski definition) is 12. The molecule has 4 N–H and O–H groups in total. The summed E-state index contributed by atoms with van der Waals surface area (Å²) in [7, 11) is 0. The molecule has 3 atom stereocenters. The second-order valence-corrected chi connectivity index (χ2v) is 17.2. The lowest BCUT2D eigenvalue weighted by Crippen LogP contribution is -2.54. The highest BCUT2D eigenvalue weighted by Gasteiger charge is 2.46. The highest BCUT2D eigenvalue weighted by atomic mass is 19.3. The first-order valence-electron chi connectivity index (χ1n) is 21.8. The standard InChI is InChI=1S/C43H51F2N11O6/c44-38(45)37-30(48-40(59)28-23-46-54-22-16-34(49-39(28)54)47-29-7-1-2-9-33(29)57)24-55(51-37)26-14-18-52(19-15-26)17-4-5-25-12-20-53(21-13-25)31-8-3-6-27-36(31)43(62)56(42(27)61)32-10-11-35(58)50-41(32)60/h3,6,8,16,22-26,29,32-33,38,57H,1-2,4-5,7,9-15,17-21H2,(H,47,49)(H,48,59)(H,50,58,60)/t29-,32?,33+/m1/s1. The summed E-state index contributed by atoms with van der Waals surface area (Å²) in [5.41, 5.74) is 1.15. The number of anilines is 3. The van der Waals surface area contributed by atoms with E-state index < -0.39 is 53.8 Å². The minimum absolute atomic E-state index is 0.0524. The number of likely N-dealkylation sites (tertiary alicyclic amines) is 1. The number of hydrogen-bond donors (Lipinski definition) is 4. The number of rotatable bonds is 12. The van der Waals surface area contributed by atoms with Crippen LogP contribution in [0.1, 0.15) is 126 Å². The number of aliphatic hydroxyl groups is 1. The first kappa shape index (κ1) is 41.5. The van der Waals surface area contributed by atoms with Crippen LogP contribution in [0.3, 0.4) is 0 Å². The predicted octanol–water partition coefficient (Wildman–Crippen LogP) is 4.57. The summed E-state index contributed by atoms with van der Waals surface area (Å²) >= 11 is 0. The molecular formula is C43H51F2N11O6. The van der Waals surface area contributed by atoms with Gasteiger partial charge in [0.15, 0.2) is 11.3 Å². The van der Waals surface area contributed by atoms with Gasteiger partial charge in [0.25, 0.3) is 24.1 Å². The molecule has 0 radical (unpaired) electrons. The second-order valence-electron chi connectivity index (χ2n) is 17.2. The molecule has 4 aliphatic heterocycles. The molecule has 4 fully saturated rings. The van der Waals surface area contributed by atoms with Crippen LogP contribution in [0.15, 0.2) is 42.9 Å². The van der Waals surface area contributed by atoms with E-state index >= 15 is 0 Å². The van der Waals surface area contributed by atoms with Gasteiger partial charge in [-0.3, -0.25) is 38.9 Å². The van der Waals surface area contributed by atoms with Crippen LogP contribution in [0.25, 0.3) is 5.65 Å². The zero-order valence-corrected chi connectivity index (χ0v) is 34.3. The summed E-state index contributed by atoms with van der Waals surface area (Å²) in [6.45, 7) is 3.97. The van der Waals surface area contributed by atoms with Crippen molar-refractivity contribution in [2.75, 3.05) is 48.3 Å². The summed E-state index contributed by atoms with van der Waals surface area (Å²) in [5, 5.41) is 27.0. The predicted molar refractivity (Wildman–Crippen MR) is 222 cm³/mol. The van der Waals surface area contributed by atoms with Gasteiger partial charge in [0, 0.05) is 45.0 Å². The van der Waals surface area contributed by atoms with Gasteiger partial charge in [0.1, 0.15) is 17.4 Å². The van der Waals surface area contributed by atoms with E-state index in [2.05, 4.69) is 40.9 Å². The SMILES string of the molecule is O=C1CCC(N2C(=O)c3cccc(N4CCC(CCCN5CCC(n6cc(NC(=O)c7cnn8ccc(N[C@@H]9CCCC[C@@H]9O)nc78)c(C(F)F)n6)CC5)CC4)c3C2=O)C(=O)N1. The fourth-order valence-electron chi connectivity index (χ4n) is 9.85. The largest absolute Gasteiger partial charge is 0.391 e. The average Bonchev–Trinajstić information content (AvgIpc) is 3.96. The second kappa shape index (κ2) is 17.5. The number of imide groups is 2.